The van der Waals surface area contributed by atoms with Crippen LogP contribution in [0.5, 0.6) is 11.5 Å². The second-order valence-corrected chi connectivity index (χ2v) is 13.1. The number of rotatable bonds is 12. The predicted molar refractivity (Wildman–Crippen MR) is 178 cm³/mol. The van der Waals surface area contributed by atoms with E-state index in [1.807, 2.05) is 35.8 Å². The number of ether oxygens (including phenoxy) is 3. The minimum atomic E-state index is -0.587. The minimum Gasteiger partial charge on any atom is -0.493 e. The molecule has 242 valence electrons. The maximum atomic E-state index is 13.5. The van der Waals surface area contributed by atoms with Gasteiger partial charge >= 0.3 is 5.97 Å². The molecule has 0 saturated heterocycles. The summed E-state index contributed by atoms with van der Waals surface area (Å²) in [6.07, 6.45) is 3.74. The number of amides is 2. The molecule has 1 aliphatic carbocycles. The lowest BCUT2D eigenvalue weighted by molar-refractivity contribution is -0.115. The number of anilines is 1. The van der Waals surface area contributed by atoms with Gasteiger partial charge in [0.15, 0.2) is 22.5 Å². The van der Waals surface area contributed by atoms with Crippen molar-refractivity contribution in [2.24, 2.45) is 0 Å². The van der Waals surface area contributed by atoms with E-state index in [2.05, 4.69) is 20.8 Å². The molecule has 46 heavy (non-hydrogen) atoms. The molecule has 1 aliphatic rings. The van der Waals surface area contributed by atoms with Crippen LogP contribution >= 0.6 is 23.1 Å². The van der Waals surface area contributed by atoms with Crippen LogP contribution in [0.3, 0.4) is 0 Å². The first-order valence-electron chi connectivity index (χ1n) is 15.0. The Hall–Kier alpha value is -4.36. The quantitative estimate of drug-likeness (QED) is 0.143. The van der Waals surface area contributed by atoms with Gasteiger partial charge in [0.05, 0.1) is 38.2 Å². The van der Waals surface area contributed by atoms with Crippen LogP contribution in [-0.2, 0) is 28.9 Å². The number of esters is 1. The Morgan fingerprint density at radius 1 is 1.04 bits per heavy atom. The zero-order chi connectivity index (χ0) is 32.8. The van der Waals surface area contributed by atoms with Crippen LogP contribution in [0.1, 0.15) is 69.2 Å². The summed E-state index contributed by atoms with van der Waals surface area (Å²) >= 11 is 2.70. The van der Waals surface area contributed by atoms with Gasteiger partial charge in [-0.3, -0.25) is 14.2 Å². The van der Waals surface area contributed by atoms with Gasteiger partial charge in [-0.15, -0.1) is 21.5 Å². The van der Waals surface area contributed by atoms with Gasteiger partial charge in [-0.25, -0.2) is 4.79 Å². The van der Waals surface area contributed by atoms with Gasteiger partial charge in [0.2, 0.25) is 5.91 Å². The number of hydrogen-bond donors (Lipinski definition) is 2. The molecule has 2 amide bonds. The highest BCUT2D eigenvalue weighted by Gasteiger charge is 2.29. The normalized spacial score (nSPS) is 13.0. The molecule has 0 aliphatic heterocycles. The average molecular weight is 664 g/mol. The average Bonchev–Trinajstić information content (AvgIpc) is 3.63. The van der Waals surface area contributed by atoms with E-state index in [0.29, 0.717) is 38.6 Å². The van der Waals surface area contributed by atoms with Crippen molar-refractivity contribution in [3.8, 4) is 17.2 Å². The van der Waals surface area contributed by atoms with Crippen molar-refractivity contribution < 1.29 is 28.6 Å². The molecule has 0 unspecified atom stereocenters. The van der Waals surface area contributed by atoms with Crippen LogP contribution in [0.2, 0.25) is 0 Å². The van der Waals surface area contributed by atoms with Crippen molar-refractivity contribution in [2.45, 2.75) is 63.4 Å². The summed E-state index contributed by atoms with van der Waals surface area (Å²) in [6, 6.07) is 12.8. The minimum absolute atomic E-state index is 0.0822. The van der Waals surface area contributed by atoms with Crippen molar-refractivity contribution >= 4 is 45.9 Å². The number of aryl methyl sites for hydroxylation is 2. The number of thiophene rings is 1. The van der Waals surface area contributed by atoms with Crippen molar-refractivity contribution in [3.05, 3.63) is 75.4 Å². The third-order valence-electron chi connectivity index (χ3n) is 7.55. The van der Waals surface area contributed by atoms with E-state index in [1.165, 1.54) is 37.3 Å². The van der Waals surface area contributed by atoms with E-state index in [9.17, 15) is 14.4 Å². The Morgan fingerprint density at radius 2 is 1.83 bits per heavy atom. The number of carbonyl (C=O) groups is 3. The maximum Gasteiger partial charge on any atom is 0.341 e. The first kappa shape index (κ1) is 33.0. The van der Waals surface area contributed by atoms with Crippen LogP contribution in [0.4, 0.5) is 5.00 Å². The summed E-state index contributed by atoms with van der Waals surface area (Å²) in [5, 5.41) is 15.1. The topological polar surface area (TPSA) is 134 Å². The van der Waals surface area contributed by atoms with Crippen molar-refractivity contribution in [3.63, 3.8) is 0 Å². The lowest BCUT2D eigenvalue weighted by Gasteiger charge is -2.15. The molecule has 2 N–H and O–H groups in total. The SMILES string of the molecule is CCOC(=O)c1c(NC(=O)[C@@H](C)Sc2nnc(CNC(=O)c3ccc(OC)c(OC)c3)n2-c2cccc(C)c2)sc2c1CCCC2. The first-order valence-corrected chi connectivity index (χ1v) is 16.7. The first-order chi connectivity index (χ1) is 22.2. The zero-order valence-electron chi connectivity index (χ0n) is 26.5. The standard InChI is InChI=1S/C33H37N5O6S2/c1-6-44-32(41)28-23-12-7-8-13-26(23)46-31(28)35-29(39)20(3)45-33-37-36-27(38(33)22-11-9-10-19(2)16-22)18-34-30(40)21-14-15-24(42-4)25(17-21)43-5/h9-11,14-17,20H,6-8,12-13,18H2,1-5H3,(H,34,40)(H,35,39)/t20-/m1/s1. The highest BCUT2D eigenvalue weighted by molar-refractivity contribution is 8.00. The van der Waals surface area contributed by atoms with E-state index in [1.54, 1.807) is 32.0 Å². The Balaban J connectivity index is 1.36. The number of fused-ring (bicyclic) bond motifs is 1. The van der Waals surface area contributed by atoms with Crippen LogP contribution < -0.4 is 20.1 Å². The molecule has 0 radical (unpaired) electrons. The highest BCUT2D eigenvalue weighted by atomic mass is 32.2. The molecule has 4 aromatic rings. The van der Waals surface area contributed by atoms with Crippen molar-refractivity contribution in [1.29, 1.82) is 0 Å². The Bertz CT molecular complexity index is 1750. The zero-order valence-corrected chi connectivity index (χ0v) is 28.1. The summed E-state index contributed by atoms with van der Waals surface area (Å²) < 4.78 is 17.8. The summed E-state index contributed by atoms with van der Waals surface area (Å²) in [7, 11) is 3.04. The van der Waals surface area contributed by atoms with E-state index in [-0.39, 0.29) is 25.0 Å². The van der Waals surface area contributed by atoms with E-state index in [0.717, 1.165) is 47.4 Å². The number of thioether (sulfide) groups is 1. The molecule has 2 aromatic heterocycles. The largest absolute Gasteiger partial charge is 0.493 e. The molecule has 11 nitrogen and oxygen atoms in total. The van der Waals surface area contributed by atoms with Gasteiger partial charge in [0.25, 0.3) is 5.91 Å². The lowest BCUT2D eigenvalue weighted by atomic mass is 9.95. The number of nitrogens with zero attached hydrogens (tertiary/aromatic N) is 3. The maximum absolute atomic E-state index is 13.5. The third kappa shape index (κ3) is 7.20. The van der Waals surface area contributed by atoms with Crippen LogP contribution in [0.15, 0.2) is 47.6 Å². The molecule has 2 heterocycles. The molecule has 13 heteroatoms. The second-order valence-electron chi connectivity index (χ2n) is 10.7. The number of nitrogens with one attached hydrogen (secondary N) is 2. The van der Waals surface area contributed by atoms with E-state index < -0.39 is 11.2 Å². The third-order valence-corrected chi connectivity index (χ3v) is 9.80. The molecule has 5 rings (SSSR count). The molecule has 2 aromatic carbocycles. The Labute approximate surface area is 276 Å². The lowest BCUT2D eigenvalue weighted by Crippen LogP contribution is -2.25. The monoisotopic (exact) mass is 663 g/mol. The fourth-order valence-electron chi connectivity index (χ4n) is 5.25. The summed E-state index contributed by atoms with van der Waals surface area (Å²) in [4.78, 5) is 40.6. The van der Waals surface area contributed by atoms with Crippen molar-refractivity contribution in [2.75, 3.05) is 26.1 Å². The van der Waals surface area contributed by atoms with Crippen LogP contribution in [-0.4, -0.2) is 58.6 Å². The van der Waals surface area contributed by atoms with Gasteiger partial charge in [-0.05, 0) is 87.9 Å². The fourth-order valence-corrected chi connectivity index (χ4v) is 7.42. The van der Waals surface area contributed by atoms with Gasteiger partial charge in [0.1, 0.15) is 5.00 Å². The molecule has 0 fully saturated rings. The van der Waals surface area contributed by atoms with Gasteiger partial charge in [0, 0.05) is 16.1 Å². The van der Waals surface area contributed by atoms with Gasteiger partial charge < -0.3 is 24.8 Å². The number of methoxy groups -OCH3 is 2. The summed E-state index contributed by atoms with van der Waals surface area (Å²) in [5.74, 6) is 0.463. The molecular weight excluding hydrogens is 627 g/mol. The number of hydrogen-bond acceptors (Lipinski definition) is 10. The smallest absolute Gasteiger partial charge is 0.341 e. The molecule has 0 saturated carbocycles. The Morgan fingerprint density at radius 3 is 2.57 bits per heavy atom. The molecule has 1 atom stereocenters. The van der Waals surface area contributed by atoms with Crippen molar-refractivity contribution in [1.82, 2.24) is 20.1 Å². The fraction of sp³-hybridized carbons (Fsp3) is 0.364. The van der Waals surface area contributed by atoms with E-state index >= 15 is 0 Å². The molecule has 0 bridgehead atoms. The Kier molecular flexibility index (Phi) is 10.6. The summed E-state index contributed by atoms with van der Waals surface area (Å²) in [6.45, 7) is 5.88. The molecule has 0 spiro atoms. The molecular formula is C33H37N5O6S2. The highest BCUT2D eigenvalue weighted by Crippen LogP contribution is 2.39. The van der Waals surface area contributed by atoms with Gasteiger partial charge in [-0.2, -0.15) is 0 Å². The van der Waals surface area contributed by atoms with Crippen LogP contribution in [0.25, 0.3) is 5.69 Å². The number of aromatic nitrogens is 3. The van der Waals surface area contributed by atoms with E-state index in [4.69, 9.17) is 14.2 Å². The number of benzene rings is 2. The predicted octanol–water partition coefficient (Wildman–Crippen LogP) is 5.76. The number of carbonyl (C=O) groups excluding carboxylic acids is 3. The summed E-state index contributed by atoms with van der Waals surface area (Å²) in [5.41, 5.74) is 3.69. The van der Waals surface area contributed by atoms with Crippen LogP contribution in [0, 0.1) is 6.92 Å². The second kappa shape index (κ2) is 14.8. The van der Waals surface area contributed by atoms with Gasteiger partial charge in [-0.1, -0.05) is 23.9 Å².